The van der Waals surface area contributed by atoms with E-state index in [4.69, 9.17) is 0 Å². The molecular formula is C19H27NO. The molecule has 0 saturated heterocycles. The minimum atomic E-state index is 0.202. The maximum Gasteiger partial charge on any atom is 0.162 e. The molecule has 2 rings (SSSR count). The van der Waals surface area contributed by atoms with E-state index >= 15 is 0 Å². The highest BCUT2D eigenvalue weighted by atomic mass is 16.1. The predicted molar refractivity (Wildman–Crippen MR) is 90.5 cm³/mol. The van der Waals surface area contributed by atoms with Gasteiger partial charge in [0.25, 0.3) is 0 Å². The quantitative estimate of drug-likeness (QED) is 0.767. The summed E-state index contributed by atoms with van der Waals surface area (Å²) in [6, 6.07) is 8.40. The molecule has 114 valence electrons. The Morgan fingerprint density at radius 3 is 2.29 bits per heavy atom. The van der Waals surface area contributed by atoms with Gasteiger partial charge in [0.1, 0.15) is 0 Å². The van der Waals surface area contributed by atoms with E-state index in [0.29, 0.717) is 17.6 Å². The first kappa shape index (κ1) is 15.8. The molecule has 0 amide bonds. The molecule has 0 heterocycles. The number of Topliss-reactive ketones (excluding diaryl/α,β-unsaturated/α-hetero) is 1. The third-order valence-electron chi connectivity index (χ3n) is 4.60. The van der Waals surface area contributed by atoms with Gasteiger partial charge in [-0.15, -0.1) is 0 Å². The van der Waals surface area contributed by atoms with Gasteiger partial charge in [0, 0.05) is 25.7 Å². The Bertz CT molecular complexity index is 525. The zero-order chi connectivity index (χ0) is 15.6. The molecule has 0 unspecified atom stereocenters. The van der Waals surface area contributed by atoms with Gasteiger partial charge in [0.05, 0.1) is 0 Å². The van der Waals surface area contributed by atoms with E-state index in [9.17, 15) is 4.79 Å². The first-order valence-corrected chi connectivity index (χ1v) is 7.93. The summed E-state index contributed by atoms with van der Waals surface area (Å²) in [6.07, 6.45) is 4.26. The molecule has 0 N–H and O–H groups in total. The molecule has 2 nitrogen and oxygen atoms in total. The molecule has 1 aromatic carbocycles. The Hall–Kier alpha value is -1.57. The fourth-order valence-corrected chi connectivity index (χ4v) is 3.07. The molecule has 2 atom stereocenters. The van der Waals surface area contributed by atoms with Gasteiger partial charge in [-0.2, -0.15) is 0 Å². The van der Waals surface area contributed by atoms with Gasteiger partial charge in [0.15, 0.2) is 5.78 Å². The molecule has 21 heavy (non-hydrogen) atoms. The second-order valence-corrected chi connectivity index (χ2v) is 6.78. The van der Waals surface area contributed by atoms with E-state index in [1.807, 2.05) is 14.1 Å². The van der Waals surface area contributed by atoms with Crippen LogP contribution in [0, 0.1) is 17.8 Å². The highest BCUT2D eigenvalue weighted by Gasteiger charge is 2.32. The van der Waals surface area contributed by atoms with Crippen LogP contribution in [0.15, 0.2) is 29.8 Å². The van der Waals surface area contributed by atoms with Crippen molar-refractivity contribution in [1.29, 1.82) is 0 Å². The zero-order valence-electron chi connectivity index (χ0n) is 13.9. The molecule has 1 fully saturated rings. The van der Waals surface area contributed by atoms with Crippen molar-refractivity contribution in [3.63, 3.8) is 0 Å². The molecule has 0 spiro atoms. The lowest BCUT2D eigenvalue weighted by Crippen LogP contribution is -2.30. The summed E-state index contributed by atoms with van der Waals surface area (Å²) in [6.45, 7) is 6.48. The fraction of sp³-hybridized carbons (Fsp3) is 0.526. The minimum absolute atomic E-state index is 0.202. The Morgan fingerprint density at radius 2 is 1.76 bits per heavy atom. The van der Waals surface area contributed by atoms with Crippen LogP contribution in [-0.4, -0.2) is 19.9 Å². The average Bonchev–Trinajstić information content (AvgIpc) is 2.43. The molecule has 0 bridgehead atoms. The van der Waals surface area contributed by atoms with Crippen LogP contribution in [0.25, 0.3) is 6.08 Å². The maximum atomic E-state index is 12.7. The summed E-state index contributed by atoms with van der Waals surface area (Å²) >= 11 is 0. The largest absolute Gasteiger partial charge is 0.378 e. The van der Waals surface area contributed by atoms with Crippen LogP contribution < -0.4 is 4.90 Å². The second-order valence-electron chi connectivity index (χ2n) is 6.78. The highest BCUT2D eigenvalue weighted by molar-refractivity contribution is 6.02. The Labute approximate surface area is 128 Å². The van der Waals surface area contributed by atoms with Gasteiger partial charge < -0.3 is 4.90 Å². The summed E-state index contributed by atoms with van der Waals surface area (Å²) in [5, 5.41) is 0. The van der Waals surface area contributed by atoms with Crippen LogP contribution in [0.3, 0.4) is 0 Å². The molecule has 1 aromatic rings. The summed E-state index contributed by atoms with van der Waals surface area (Å²) in [5.74, 6) is 1.37. The number of hydrogen-bond donors (Lipinski definition) is 0. The van der Waals surface area contributed by atoms with Crippen LogP contribution in [0.2, 0.25) is 0 Å². The van der Waals surface area contributed by atoms with Crippen molar-refractivity contribution in [3.05, 3.63) is 35.4 Å². The van der Waals surface area contributed by atoms with Gasteiger partial charge in [-0.05, 0) is 54.0 Å². The smallest absolute Gasteiger partial charge is 0.162 e. The second kappa shape index (κ2) is 6.46. The van der Waals surface area contributed by atoms with Crippen LogP contribution >= 0.6 is 0 Å². The van der Waals surface area contributed by atoms with Crippen molar-refractivity contribution >= 4 is 17.5 Å². The third kappa shape index (κ3) is 3.55. The molecule has 0 radical (unpaired) electrons. The van der Waals surface area contributed by atoms with Crippen molar-refractivity contribution in [1.82, 2.24) is 0 Å². The van der Waals surface area contributed by atoms with E-state index in [-0.39, 0.29) is 5.92 Å². The Morgan fingerprint density at radius 1 is 1.14 bits per heavy atom. The maximum absolute atomic E-state index is 12.7. The van der Waals surface area contributed by atoms with Crippen molar-refractivity contribution < 1.29 is 4.79 Å². The topological polar surface area (TPSA) is 20.3 Å². The Balaban J connectivity index is 2.26. The SMILES string of the molecule is CC(C)[C@H]1CC[C@@H](C)/C(=C\c2ccc(N(C)C)cc2)C1=O. The van der Waals surface area contributed by atoms with Gasteiger partial charge in [0.2, 0.25) is 0 Å². The van der Waals surface area contributed by atoms with E-state index in [1.54, 1.807) is 0 Å². The fourth-order valence-electron chi connectivity index (χ4n) is 3.07. The summed E-state index contributed by atoms with van der Waals surface area (Å²) in [4.78, 5) is 14.8. The van der Waals surface area contributed by atoms with Crippen molar-refractivity contribution in [2.24, 2.45) is 17.8 Å². The van der Waals surface area contributed by atoms with E-state index in [1.165, 1.54) is 5.69 Å². The number of carbonyl (C=O) groups is 1. The lowest BCUT2D eigenvalue weighted by molar-refractivity contribution is -0.122. The molecular weight excluding hydrogens is 258 g/mol. The lowest BCUT2D eigenvalue weighted by Gasteiger charge is -2.30. The minimum Gasteiger partial charge on any atom is -0.378 e. The summed E-state index contributed by atoms with van der Waals surface area (Å²) < 4.78 is 0. The summed E-state index contributed by atoms with van der Waals surface area (Å²) in [5.41, 5.74) is 3.32. The van der Waals surface area contributed by atoms with Gasteiger partial charge in [-0.25, -0.2) is 0 Å². The van der Waals surface area contributed by atoms with E-state index < -0.39 is 0 Å². The van der Waals surface area contributed by atoms with Gasteiger partial charge in [-0.3, -0.25) is 4.79 Å². The van der Waals surface area contributed by atoms with Gasteiger partial charge >= 0.3 is 0 Å². The molecule has 0 aromatic heterocycles. The Kier molecular flexibility index (Phi) is 4.87. The first-order chi connectivity index (χ1) is 9.90. The van der Waals surface area contributed by atoms with Crippen molar-refractivity contribution in [3.8, 4) is 0 Å². The molecule has 1 saturated carbocycles. The van der Waals surface area contributed by atoms with Crippen molar-refractivity contribution in [2.75, 3.05) is 19.0 Å². The number of allylic oxidation sites excluding steroid dienone is 1. The number of anilines is 1. The number of nitrogens with zero attached hydrogens (tertiary/aromatic N) is 1. The first-order valence-electron chi connectivity index (χ1n) is 7.93. The van der Waals surface area contributed by atoms with Crippen LogP contribution in [-0.2, 0) is 4.79 Å². The standard InChI is InChI=1S/C19H27NO/c1-13(2)17-11-6-14(3)18(19(17)21)12-15-7-9-16(10-8-15)20(4)5/h7-10,12-14,17H,6,11H2,1-5H3/b18-12+/t14-,17-/m1/s1. The number of carbonyl (C=O) groups excluding carboxylic acids is 1. The third-order valence-corrected chi connectivity index (χ3v) is 4.60. The van der Waals surface area contributed by atoms with Gasteiger partial charge in [-0.1, -0.05) is 32.9 Å². The van der Waals surface area contributed by atoms with Crippen LogP contribution in [0.1, 0.15) is 39.2 Å². The summed E-state index contributed by atoms with van der Waals surface area (Å²) in [7, 11) is 4.07. The number of hydrogen-bond acceptors (Lipinski definition) is 2. The number of benzene rings is 1. The molecule has 1 aliphatic carbocycles. The monoisotopic (exact) mass is 285 g/mol. The number of rotatable bonds is 3. The zero-order valence-corrected chi connectivity index (χ0v) is 13.9. The van der Waals surface area contributed by atoms with E-state index in [0.717, 1.165) is 24.0 Å². The lowest BCUT2D eigenvalue weighted by atomic mass is 9.73. The van der Waals surface area contributed by atoms with Crippen LogP contribution in [0.5, 0.6) is 0 Å². The molecule has 2 heteroatoms. The normalized spacial score (nSPS) is 24.7. The highest BCUT2D eigenvalue weighted by Crippen LogP contribution is 2.35. The predicted octanol–water partition coefficient (Wildman–Crippen LogP) is 4.41. The number of ketones is 1. The average molecular weight is 285 g/mol. The van der Waals surface area contributed by atoms with E-state index in [2.05, 4.69) is 56.0 Å². The molecule has 0 aliphatic heterocycles. The molecule has 1 aliphatic rings. The van der Waals surface area contributed by atoms with Crippen molar-refractivity contribution in [2.45, 2.75) is 33.6 Å². The van der Waals surface area contributed by atoms with Crippen LogP contribution in [0.4, 0.5) is 5.69 Å².